The molecule has 30 heavy (non-hydrogen) atoms. The van der Waals surface area contributed by atoms with Crippen LogP contribution in [0.1, 0.15) is 5.56 Å². The Hall–Kier alpha value is -3.80. The van der Waals surface area contributed by atoms with Gasteiger partial charge in [-0.15, -0.1) is 5.10 Å². The first-order valence-electron chi connectivity index (χ1n) is 8.19. The van der Waals surface area contributed by atoms with Crippen molar-refractivity contribution >= 4 is 39.8 Å². The summed E-state index contributed by atoms with van der Waals surface area (Å²) >= 11 is 5.61. The number of alkyl halides is 3. The van der Waals surface area contributed by atoms with Crippen molar-refractivity contribution < 1.29 is 18.1 Å². The quantitative estimate of drug-likeness (QED) is 0.370. The molecule has 2 aromatic carbocycles. The molecule has 0 saturated heterocycles. The summed E-state index contributed by atoms with van der Waals surface area (Å²) in [7, 11) is 0. The van der Waals surface area contributed by atoms with Gasteiger partial charge in [0.15, 0.2) is 0 Å². The summed E-state index contributed by atoms with van der Waals surface area (Å²) in [6.45, 7) is 0. The van der Waals surface area contributed by atoms with E-state index in [0.717, 1.165) is 23.1 Å². The minimum absolute atomic E-state index is 0.0945. The number of para-hydroxylation sites is 1. The molecule has 0 aliphatic heterocycles. The third-order valence-corrected chi connectivity index (χ3v) is 4.40. The Balaban J connectivity index is 1.83. The third-order valence-electron chi connectivity index (χ3n) is 4.07. The molecule has 13 heteroatoms. The van der Waals surface area contributed by atoms with E-state index >= 15 is 0 Å². The fraction of sp³-hybridized carbons (Fsp3) is 0.0588. The molecule has 4 aromatic rings. The van der Waals surface area contributed by atoms with Gasteiger partial charge in [-0.2, -0.15) is 17.9 Å². The number of anilines is 2. The van der Waals surface area contributed by atoms with Crippen LogP contribution in [0.3, 0.4) is 0 Å². The minimum atomic E-state index is -4.70. The minimum Gasteiger partial charge on any atom is -0.334 e. The lowest BCUT2D eigenvalue weighted by Gasteiger charge is -2.12. The first-order valence-corrected chi connectivity index (χ1v) is 8.57. The molecule has 0 aliphatic carbocycles. The second-order valence-corrected chi connectivity index (χ2v) is 6.37. The summed E-state index contributed by atoms with van der Waals surface area (Å²) < 4.78 is 40.5. The molecule has 0 atom stereocenters. The molecule has 0 aliphatic rings. The summed E-state index contributed by atoms with van der Waals surface area (Å²) in [5, 5.41) is 21.6. The van der Waals surface area contributed by atoms with Crippen LogP contribution in [0, 0.1) is 10.1 Å². The van der Waals surface area contributed by atoms with Gasteiger partial charge in [-0.3, -0.25) is 10.1 Å². The number of benzene rings is 2. The van der Waals surface area contributed by atoms with E-state index < -0.39 is 27.4 Å². The fourth-order valence-corrected chi connectivity index (χ4v) is 2.99. The lowest BCUT2D eigenvalue weighted by atomic mass is 10.2. The van der Waals surface area contributed by atoms with Crippen LogP contribution in [-0.4, -0.2) is 29.9 Å². The zero-order valence-corrected chi connectivity index (χ0v) is 15.4. The molecule has 9 nitrogen and oxygen atoms in total. The van der Waals surface area contributed by atoms with Crippen LogP contribution in [0.5, 0.6) is 0 Å². The number of halogens is 4. The molecular weight excluding hydrogens is 427 g/mol. The highest BCUT2D eigenvalue weighted by Gasteiger charge is 2.34. The molecule has 0 saturated carbocycles. The molecule has 4 rings (SSSR count). The average molecular weight is 436 g/mol. The van der Waals surface area contributed by atoms with Crippen molar-refractivity contribution in [2.24, 2.45) is 0 Å². The van der Waals surface area contributed by atoms with Gasteiger partial charge in [0.1, 0.15) is 11.8 Å². The molecular formula is C17H9ClF3N7O2. The van der Waals surface area contributed by atoms with E-state index in [1.165, 1.54) is 6.07 Å². The molecule has 152 valence electrons. The Morgan fingerprint density at radius 3 is 2.63 bits per heavy atom. The van der Waals surface area contributed by atoms with Crippen LogP contribution in [0.2, 0.25) is 5.02 Å². The van der Waals surface area contributed by atoms with Gasteiger partial charge in [-0.05, 0) is 30.3 Å². The van der Waals surface area contributed by atoms with Crippen LogP contribution in [0.15, 0.2) is 48.8 Å². The summed E-state index contributed by atoms with van der Waals surface area (Å²) in [6, 6.07) is 9.74. The van der Waals surface area contributed by atoms with Gasteiger partial charge >= 0.3 is 11.9 Å². The summed E-state index contributed by atoms with van der Waals surface area (Å²) in [6.07, 6.45) is -3.67. The molecule has 0 spiro atoms. The van der Waals surface area contributed by atoms with E-state index in [-0.39, 0.29) is 17.3 Å². The highest BCUT2D eigenvalue weighted by Crippen LogP contribution is 2.38. The Morgan fingerprint density at radius 1 is 1.13 bits per heavy atom. The number of rotatable bonds is 4. The lowest BCUT2D eigenvalue weighted by molar-refractivity contribution is -0.384. The number of hydrogen-bond donors (Lipinski definition) is 1. The SMILES string of the molecule is O=[N+]([O-])c1c(Nc2ccc(Cl)c(C(F)(F)F)c2)ncnc1-n1nnc2ccccc21. The molecule has 0 fully saturated rings. The Labute approximate surface area is 170 Å². The smallest absolute Gasteiger partial charge is 0.334 e. The van der Waals surface area contributed by atoms with E-state index in [9.17, 15) is 23.3 Å². The Morgan fingerprint density at radius 2 is 1.90 bits per heavy atom. The van der Waals surface area contributed by atoms with Crippen molar-refractivity contribution in [3.63, 3.8) is 0 Å². The number of nitrogens with zero attached hydrogens (tertiary/aromatic N) is 6. The highest BCUT2D eigenvalue weighted by atomic mass is 35.5. The molecule has 0 bridgehead atoms. The Bertz CT molecular complexity index is 1280. The van der Waals surface area contributed by atoms with Crippen molar-refractivity contribution in [3.05, 3.63) is 69.5 Å². The van der Waals surface area contributed by atoms with Crippen LogP contribution < -0.4 is 5.32 Å². The normalized spacial score (nSPS) is 11.6. The van der Waals surface area contributed by atoms with Gasteiger partial charge < -0.3 is 5.32 Å². The molecule has 0 radical (unpaired) electrons. The number of nitro groups is 1. The number of nitrogens with one attached hydrogen (secondary N) is 1. The van der Waals surface area contributed by atoms with E-state index in [0.29, 0.717) is 11.0 Å². The molecule has 0 unspecified atom stereocenters. The first kappa shape index (κ1) is 19.5. The second-order valence-electron chi connectivity index (χ2n) is 5.96. The Kier molecular flexibility index (Phi) is 4.70. The number of aromatic nitrogens is 5. The summed E-state index contributed by atoms with van der Waals surface area (Å²) in [4.78, 5) is 18.8. The topological polar surface area (TPSA) is 112 Å². The predicted molar refractivity (Wildman–Crippen MR) is 101 cm³/mol. The maximum Gasteiger partial charge on any atom is 0.417 e. The highest BCUT2D eigenvalue weighted by molar-refractivity contribution is 6.31. The number of fused-ring (bicyclic) bond motifs is 1. The number of hydrogen-bond acceptors (Lipinski definition) is 7. The predicted octanol–water partition coefficient (Wildman–Crippen LogP) is 4.53. The van der Waals surface area contributed by atoms with Crippen molar-refractivity contribution in [3.8, 4) is 5.82 Å². The summed E-state index contributed by atoms with van der Waals surface area (Å²) in [5.74, 6) is -0.517. The van der Waals surface area contributed by atoms with Gasteiger partial charge in [0.2, 0.25) is 11.6 Å². The third kappa shape index (κ3) is 3.48. The van der Waals surface area contributed by atoms with E-state index in [1.807, 2.05) is 0 Å². The van der Waals surface area contributed by atoms with Gasteiger partial charge in [-0.25, -0.2) is 9.97 Å². The zero-order chi connectivity index (χ0) is 21.5. The maximum absolute atomic E-state index is 13.1. The first-order chi connectivity index (χ1) is 14.3. The molecule has 2 aromatic heterocycles. The van der Waals surface area contributed by atoms with Crippen molar-refractivity contribution in [2.75, 3.05) is 5.32 Å². The van der Waals surface area contributed by atoms with Crippen LogP contribution in [0.4, 0.5) is 30.4 Å². The van der Waals surface area contributed by atoms with Crippen LogP contribution >= 0.6 is 11.6 Å². The fourth-order valence-electron chi connectivity index (χ4n) is 2.77. The largest absolute Gasteiger partial charge is 0.417 e. The van der Waals surface area contributed by atoms with Crippen molar-refractivity contribution in [2.45, 2.75) is 6.18 Å². The van der Waals surface area contributed by atoms with Crippen LogP contribution in [-0.2, 0) is 6.18 Å². The van der Waals surface area contributed by atoms with Gasteiger partial charge in [0.25, 0.3) is 0 Å². The molecule has 1 N–H and O–H groups in total. The molecule has 0 amide bonds. The van der Waals surface area contributed by atoms with Crippen LogP contribution in [0.25, 0.3) is 16.9 Å². The van der Waals surface area contributed by atoms with Crippen molar-refractivity contribution in [1.82, 2.24) is 25.0 Å². The molecule has 2 heterocycles. The van der Waals surface area contributed by atoms with Gasteiger partial charge in [0, 0.05) is 5.69 Å². The lowest BCUT2D eigenvalue weighted by Crippen LogP contribution is -2.10. The van der Waals surface area contributed by atoms with E-state index in [4.69, 9.17) is 11.6 Å². The monoisotopic (exact) mass is 435 g/mol. The average Bonchev–Trinajstić information content (AvgIpc) is 3.12. The van der Waals surface area contributed by atoms with Gasteiger partial charge in [-0.1, -0.05) is 28.9 Å². The standard InChI is InChI=1S/C17H9ClF3N7O2/c18-11-6-5-9(7-10(11)17(19,20)21)24-15-14(28(29)30)16(23-8-22-15)27-13-4-2-1-3-12(13)25-26-27/h1-8H,(H,22,23,24). The summed E-state index contributed by atoms with van der Waals surface area (Å²) in [5.41, 5.74) is -0.837. The maximum atomic E-state index is 13.1. The van der Waals surface area contributed by atoms with E-state index in [1.54, 1.807) is 24.3 Å². The second kappa shape index (κ2) is 7.22. The van der Waals surface area contributed by atoms with E-state index in [2.05, 4.69) is 25.6 Å². The zero-order valence-electron chi connectivity index (χ0n) is 14.6. The van der Waals surface area contributed by atoms with Gasteiger partial charge in [0.05, 0.1) is 21.0 Å². The van der Waals surface area contributed by atoms with Crippen molar-refractivity contribution in [1.29, 1.82) is 0 Å².